The van der Waals surface area contributed by atoms with Crippen LogP contribution in [0.3, 0.4) is 0 Å². The molecule has 19 rings (SSSR count). The van der Waals surface area contributed by atoms with Gasteiger partial charge in [0.1, 0.15) is 67.8 Å². The minimum atomic E-state index is -2.08. The number of carbonyl (C=O) groups excluding carboxylic acids is 6. The third-order valence-corrected chi connectivity index (χ3v) is 28.5. The Hall–Kier alpha value is -11.1. The molecule has 10 aliphatic heterocycles. The maximum Gasteiger partial charge on any atom is 0.408 e. The number of thioether (sulfide) groups is 2. The van der Waals surface area contributed by atoms with Gasteiger partial charge in [0.2, 0.25) is 13.6 Å². The average molecular weight is 1660 g/mol. The first-order valence-corrected chi connectivity index (χ1v) is 42.6. The Morgan fingerprint density at radius 3 is 1.82 bits per heavy atom. The van der Waals surface area contributed by atoms with E-state index in [-0.39, 0.29) is 111 Å². The molecule has 0 aromatic heterocycles. The Morgan fingerprint density at radius 2 is 1.21 bits per heavy atom. The number of rotatable bonds is 16. The van der Waals surface area contributed by atoms with Crippen LogP contribution in [0.5, 0.6) is 28.7 Å². The van der Waals surface area contributed by atoms with Gasteiger partial charge >= 0.3 is 30.1 Å². The summed E-state index contributed by atoms with van der Waals surface area (Å²) < 4.78 is 65.5. The highest BCUT2D eigenvalue weighted by molar-refractivity contribution is 7.99. The number of likely N-dealkylation sites (N-methyl/N-ethyl adjacent to an activating group) is 2. The van der Waals surface area contributed by atoms with Crippen LogP contribution in [0.15, 0.2) is 144 Å². The molecule has 2 aliphatic carbocycles. The highest BCUT2D eigenvalue weighted by atomic mass is 32.2. The third kappa shape index (κ3) is 13.8. The Balaban J connectivity index is 0.000000175. The summed E-state index contributed by atoms with van der Waals surface area (Å²) in [6, 6.07) is 37.3. The zero-order valence-corrected chi connectivity index (χ0v) is 70.1. The first kappa shape index (κ1) is 81.3. The van der Waals surface area contributed by atoms with Crippen molar-refractivity contribution in [2.75, 3.05) is 72.4 Å². The average Bonchev–Trinajstić information content (AvgIpc) is 0.882. The van der Waals surface area contributed by atoms with E-state index in [0.717, 1.165) is 72.7 Å². The summed E-state index contributed by atoms with van der Waals surface area (Å²) in [5.41, 5.74) is 15.1. The number of fused-ring (bicyclic) bond motifs is 21. The quantitative estimate of drug-likeness (QED) is 0.0460. The van der Waals surface area contributed by atoms with E-state index in [9.17, 15) is 44.4 Å². The molecule has 622 valence electrons. The minimum Gasteiger partial charge on any atom is -0.496 e. The molecule has 5 saturated heterocycles. The summed E-state index contributed by atoms with van der Waals surface area (Å²) >= 11 is 2.95. The van der Waals surface area contributed by atoms with E-state index in [4.69, 9.17) is 52.1 Å². The number of nitrogens with zero attached hydrogens (tertiary/aromatic N) is 6. The first-order chi connectivity index (χ1) is 58.0. The molecule has 7 aromatic rings. The Kier molecular flexibility index (Phi) is 22.2. The van der Waals surface area contributed by atoms with Crippen molar-refractivity contribution >= 4 is 59.4 Å². The molecular formula is C92H94N8O18S2. The van der Waals surface area contributed by atoms with E-state index in [0.29, 0.717) is 47.0 Å². The van der Waals surface area contributed by atoms with Gasteiger partial charge in [-0.25, -0.2) is 19.2 Å². The molecule has 0 spiro atoms. The van der Waals surface area contributed by atoms with Gasteiger partial charge in [0.25, 0.3) is 0 Å². The smallest absolute Gasteiger partial charge is 0.408 e. The van der Waals surface area contributed by atoms with Gasteiger partial charge in [-0.15, -0.1) is 11.8 Å². The summed E-state index contributed by atoms with van der Waals surface area (Å²) in [5.74, 6) is 1.84. The van der Waals surface area contributed by atoms with Crippen LogP contribution in [0.1, 0.15) is 133 Å². The summed E-state index contributed by atoms with van der Waals surface area (Å²) in [4.78, 5) is 91.3. The second-order valence-electron chi connectivity index (χ2n) is 32.5. The summed E-state index contributed by atoms with van der Waals surface area (Å²) in [6.07, 6.45) is -0.404. The first-order valence-electron chi connectivity index (χ1n) is 40.4. The van der Waals surface area contributed by atoms with Crippen molar-refractivity contribution in [1.29, 1.82) is 10.5 Å². The maximum atomic E-state index is 14.7. The van der Waals surface area contributed by atoms with E-state index in [1.165, 1.54) is 52.7 Å². The van der Waals surface area contributed by atoms with Crippen molar-refractivity contribution in [3.05, 3.63) is 227 Å². The fraction of sp³-hybridized carbons (Fsp3) is 0.413. The largest absolute Gasteiger partial charge is 0.496 e. The van der Waals surface area contributed by atoms with E-state index in [1.54, 1.807) is 21.1 Å². The zero-order chi connectivity index (χ0) is 84.0. The normalized spacial score (nSPS) is 26.0. The fourth-order valence-electron chi connectivity index (χ4n) is 21.0. The van der Waals surface area contributed by atoms with Crippen LogP contribution in [-0.2, 0) is 73.7 Å². The van der Waals surface area contributed by atoms with Gasteiger partial charge < -0.3 is 67.8 Å². The number of Topliss-reactive ketones (excluding diaryl/α,β-unsaturated/α-hetero) is 1. The summed E-state index contributed by atoms with van der Waals surface area (Å²) in [5, 5.41) is 40.2. The Labute approximate surface area is 704 Å². The van der Waals surface area contributed by atoms with E-state index in [2.05, 4.69) is 87.8 Å². The number of aryl methyl sites for hydroxylation is 2. The molecule has 14 atom stereocenters. The number of alkyl carbamates (subject to hydrolysis) is 2. The number of hydrogen-bond acceptors (Lipinski definition) is 26. The number of ether oxygens (including phenoxy) is 11. The third-order valence-electron chi connectivity index (χ3n) is 26.0. The van der Waals surface area contributed by atoms with E-state index >= 15 is 0 Å². The molecule has 10 heterocycles. The van der Waals surface area contributed by atoms with Crippen LogP contribution >= 0.6 is 23.5 Å². The molecule has 5 unspecified atom stereocenters. The van der Waals surface area contributed by atoms with E-state index in [1.807, 2.05) is 125 Å². The van der Waals surface area contributed by atoms with Gasteiger partial charge in [0.15, 0.2) is 34.4 Å². The molecule has 2 amide bonds. The number of nitriles is 2. The monoisotopic (exact) mass is 1660 g/mol. The molecule has 120 heavy (non-hydrogen) atoms. The van der Waals surface area contributed by atoms with Gasteiger partial charge in [0, 0.05) is 88.5 Å². The number of piperidine rings is 1. The Morgan fingerprint density at radius 1 is 0.650 bits per heavy atom. The number of methoxy groups -OCH3 is 2. The molecule has 7 aromatic carbocycles. The predicted molar refractivity (Wildman–Crippen MR) is 443 cm³/mol. The fourth-order valence-corrected chi connectivity index (χ4v) is 23.7. The maximum absolute atomic E-state index is 14.7. The second-order valence-corrected chi connectivity index (χ2v) is 34.7. The van der Waals surface area contributed by atoms with Crippen molar-refractivity contribution in [1.82, 2.24) is 30.2 Å². The number of benzene rings is 7. The van der Waals surface area contributed by atoms with Gasteiger partial charge in [0.05, 0.1) is 55.8 Å². The Bertz CT molecular complexity index is 5450. The highest BCUT2D eigenvalue weighted by Gasteiger charge is 2.66. The number of piperazine rings is 2. The lowest BCUT2D eigenvalue weighted by atomic mass is 9.64. The number of aliphatic hydroxyl groups is 1. The number of amides is 2. The van der Waals surface area contributed by atoms with Crippen molar-refractivity contribution < 1.29 is 86.0 Å². The van der Waals surface area contributed by atoms with Gasteiger partial charge in [-0.2, -0.15) is 22.3 Å². The molecule has 5 fully saturated rings. The number of hydrogen-bond donors (Lipinski definition) is 3. The zero-order valence-electron chi connectivity index (χ0n) is 68.5. The van der Waals surface area contributed by atoms with Crippen molar-refractivity contribution in [3.63, 3.8) is 0 Å². The van der Waals surface area contributed by atoms with Gasteiger partial charge in [-0.3, -0.25) is 29.2 Å². The molecule has 26 nitrogen and oxygen atoms in total. The molecule has 0 radical (unpaired) electrons. The number of nitrogens with one attached hydrogen (secondary N) is 2. The number of esters is 3. The number of carbonyl (C=O) groups is 6. The van der Waals surface area contributed by atoms with Crippen LogP contribution in [0, 0.1) is 57.3 Å². The molecule has 6 bridgehead atoms. The highest BCUT2D eigenvalue weighted by Crippen LogP contribution is 2.64. The minimum absolute atomic E-state index is 0.00307. The van der Waals surface area contributed by atoms with Crippen LogP contribution in [-0.4, -0.2) is 193 Å². The van der Waals surface area contributed by atoms with Crippen LogP contribution in [0.25, 0.3) is 11.1 Å². The summed E-state index contributed by atoms with van der Waals surface area (Å²) in [7, 11) is 7.38. The lowest BCUT2D eigenvalue weighted by molar-refractivity contribution is -0.159. The SMILES string of the molecule is COc1c(C)cc2c(c1C)[C@@H]1C3CC4(O)C(=O)C(C)=C5OCOC5=C4[C@H](COC(=O)C(CSCC4c5ccccc5-c5ccccc54)NC(=O)OCc4ccccc4)N3[C@@H](C#N)[C@H](C2)N1C.COc1c(C)cc2c(c1C)[C@@H]1C3[C@@H]4SCC(NC(=O)OCc5ccccc5)C(=O)OC[C@@H](c5c6c(c(C)c(OC(C)=O)c54)OCO6)N3[C@@H](C#N)[C@H](C2)N1C. The molecule has 3 N–H and O–H groups in total. The topological polar surface area (TPSA) is 309 Å². The number of ketones is 1. The predicted octanol–water partition coefficient (Wildman–Crippen LogP) is 11.9. The molecule has 28 heteroatoms. The van der Waals surface area contributed by atoms with Crippen molar-refractivity contribution in [2.24, 2.45) is 0 Å². The van der Waals surface area contributed by atoms with Crippen LogP contribution in [0.4, 0.5) is 9.59 Å². The van der Waals surface area contributed by atoms with Crippen molar-refractivity contribution in [3.8, 4) is 52.0 Å². The van der Waals surface area contributed by atoms with Crippen molar-refractivity contribution in [2.45, 2.75) is 170 Å². The summed E-state index contributed by atoms with van der Waals surface area (Å²) in [6.45, 7) is 12.2. The lowest BCUT2D eigenvalue weighted by Crippen LogP contribution is -2.74. The molecule has 0 saturated carbocycles. The van der Waals surface area contributed by atoms with Crippen LogP contribution in [0.2, 0.25) is 0 Å². The standard InChI is InChI=1S/C52H52N4O9S.C40H42N4O9S/c1-28-19-32-20-39-41(22-53)56-40(45(55(39)4)43(32)29(2)46(28)61-5)21-52(60)44(48-47(64-27-65-48)30(3)49(52)57)42(56)24-62-50(58)38(54-51(59)63-23-31-13-7-6-8-14-31)26-66-25-37-35-17-11-9-15-33(35)34-16-10-12-18-36(34)37;1-19-12-24-13-26-27(14-41)44-28-16-49-39(46)25(42-40(47)50-15-23-10-8-7-9-11-23)17-54-38(33(44)32(43(26)5)29(24)20(2)34(19)48-6)31-30(28)37-36(51-18-52-37)21(3)35(31)53-22(4)45/h6-19,37-42,45,60H,20-21,23-27H2,1-5H3,(H,54,59);7-12,25-28,32-33,38H,13,15-18H2,1-6H3,(H,42,47)/t38?,39-,40?,41-,42-,45-,52?;25?,26-,27-,28-,32+,33?,38+/m00/s1. The second kappa shape index (κ2) is 32.8. The lowest BCUT2D eigenvalue weighted by Gasteiger charge is -2.62. The van der Waals surface area contributed by atoms with Crippen LogP contribution < -0.4 is 34.3 Å². The van der Waals surface area contributed by atoms with Gasteiger partial charge in [-0.05, 0) is 146 Å². The molecular weight excluding hydrogens is 1570 g/mol. The molecule has 12 aliphatic rings. The van der Waals surface area contributed by atoms with E-state index < -0.39 is 95.1 Å². The van der Waals surface area contributed by atoms with Gasteiger partial charge in [-0.1, -0.05) is 121 Å².